The number of carboxylic acid groups (broad SMARTS) is 1. The van der Waals surface area contributed by atoms with Gasteiger partial charge in [0.05, 0.1) is 23.8 Å². The molecule has 0 aliphatic carbocycles. The summed E-state index contributed by atoms with van der Waals surface area (Å²) in [5.74, 6) is -0.764. The monoisotopic (exact) mass is 381 g/mol. The number of furan rings is 1. The number of pyridine rings is 1. The summed E-state index contributed by atoms with van der Waals surface area (Å²) >= 11 is 6.00. The van der Waals surface area contributed by atoms with Gasteiger partial charge in [-0.2, -0.15) is 5.10 Å². The van der Waals surface area contributed by atoms with Crippen molar-refractivity contribution in [1.82, 2.24) is 14.5 Å². The number of rotatable bonds is 3. The molecule has 1 N–H and O–H groups in total. The highest BCUT2D eigenvalue weighted by molar-refractivity contribution is 6.32. The van der Waals surface area contributed by atoms with E-state index in [9.17, 15) is 14.7 Å². The van der Waals surface area contributed by atoms with Crippen molar-refractivity contribution in [2.45, 2.75) is 13.1 Å². The van der Waals surface area contributed by atoms with Crippen LogP contribution in [0.1, 0.15) is 32.0 Å². The van der Waals surface area contributed by atoms with E-state index in [1.54, 1.807) is 27.7 Å². The number of nitrogens with zero attached hydrogens (tertiary/aromatic N) is 3. The summed E-state index contributed by atoms with van der Waals surface area (Å²) < 4.78 is 7.45. The van der Waals surface area contributed by atoms with Gasteiger partial charge in [0.1, 0.15) is 16.9 Å². The summed E-state index contributed by atoms with van der Waals surface area (Å²) in [4.78, 5) is 25.9. The Balaban J connectivity index is 1.53. The van der Waals surface area contributed by atoms with Crippen LogP contribution in [0, 0.1) is 0 Å². The fourth-order valence-corrected chi connectivity index (χ4v) is 3.80. The number of carbonyl (C=O) groups is 2. The van der Waals surface area contributed by atoms with Gasteiger partial charge in [-0.15, -0.1) is 0 Å². The number of aromatic nitrogens is 2. The fourth-order valence-electron chi connectivity index (χ4n) is 3.57. The first-order valence-corrected chi connectivity index (χ1v) is 8.59. The minimum absolute atomic E-state index is 0.00240. The fraction of sp³-hybridized carbons (Fsp3) is 0.105. The highest BCUT2D eigenvalue weighted by Crippen LogP contribution is 2.30. The molecule has 134 valence electrons. The molecule has 0 saturated carbocycles. The molecule has 0 atom stereocenters. The first-order chi connectivity index (χ1) is 13.0. The van der Waals surface area contributed by atoms with Crippen molar-refractivity contribution in [3.63, 3.8) is 0 Å². The van der Waals surface area contributed by atoms with Crippen molar-refractivity contribution in [2.75, 3.05) is 0 Å². The molecule has 8 heteroatoms. The molecule has 7 nitrogen and oxygen atoms in total. The van der Waals surface area contributed by atoms with Crippen molar-refractivity contribution in [3.8, 4) is 0 Å². The van der Waals surface area contributed by atoms with Gasteiger partial charge < -0.3 is 14.4 Å². The molecule has 4 aromatic rings. The molecule has 0 saturated heterocycles. The van der Waals surface area contributed by atoms with Gasteiger partial charge in [-0.1, -0.05) is 17.7 Å². The van der Waals surface area contributed by atoms with Crippen LogP contribution in [0.15, 0.2) is 47.1 Å². The highest BCUT2D eigenvalue weighted by atomic mass is 35.5. The molecule has 3 aromatic heterocycles. The maximum atomic E-state index is 12.8. The number of carboxylic acids is 1. The molecule has 0 unspecified atom stereocenters. The lowest BCUT2D eigenvalue weighted by Crippen LogP contribution is -2.33. The second kappa shape index (κ2) is 5.59. The Morgan fingerprint density at radius 1 is 1.33 bits per heavy atom. The number of benzene rings is 1. The maximum Gasteiger partial charge on any atom is 0.339 e. The summed E-state index contributed by atoms with van der Waals surface area (Å²) in [5, 5.41) is 14.5. The van der Waals surface area contributed by atoms with Crippen LogP contribution in [-0.2, 0) is 13.1 Å². The number of amides is 1. The van der Waals surface area contributed by atoms with Gasteiger partial charge in [-0.05, 0) is 29.8 Å². The molecular formula is C19H12ClN3O4. The summed E-state index contributed by atoms with van der Waals surface area (Å²) in [6.07, 6.45) is 3.37. The molecule has 1 aliphatic rings. The summed E-state index contributed by atoms with van der Waals surface area (Å²) in [5.41, 5.74) is 2.61. The van der Waals surface area contributed by atoms with E-state index in [4.69, 9.17) is 16.0 Å². The van der Waals surface area contributed by atoms with Gasteiger partial charge in [-0.25, -0.2) is 9.31 Å². The second-order valence-electron chi connectivity index (χ2n) is 6.44. The first kappa shape index (κ1) is 15.9. The van der Waals surface area contributed by atoms with E-state index in [1.807, 2.05) is 18.3 Å². The average Bonchev–Trinajstić information content (AvgIpc) is 3.23. The quantitative estimate of drug-likeness (QED) is 0.586. The summed E-state index contributed by atoms with van der Waals surface area (Å²) in [6.45, 7) is 0.640. The number of fused-ring (bicyclic) bond motifs is 1. The Hall–Kier alpha value is -3.32. The van der Waals surface area contributed by atoms with Crippen LogP contribution in [0.25, 0.3) is 16.5 Å². The lowest BCUT2D eigenvalue weighted by atomic mass is 10.1. The van der Waals surface area contributed by atoms with Crippen molar-refractivity contribution in [1.29, 1.82) is 0 Å². The topological polar surface area (TPSA) is 88.0 Å². The molecule has 27 heavy (non-hydrogen) atoms. The summed E-state index contributed by atoms with van der Waals surface area (Å²) in [6, 6.07) is 8.56. The Morgan fingerprint density at radius 3 is 3.00 bits per heavy atom. The van der Waals surface area contributed by atoms with E-state index >= 15 is 0 Å². The number of hydrogen-bond donors (Lipinski definition) is 1. The predicted octanol–water partition coefficient (Wildman–Crippen LogP) is 3.59. The Labute approximate surface area is 157 Å². The van der Waals surface area contributed by atoms with Gasteiger partial charge in [0.15, 0.2) is 0 Å². The predicted molar refractivity (Wildman–Crippen MR) is 97.0 cm³/mol. The van der Waals surface area contributed by atoms with Gasteiger partial charge in [0, 0.05) is 23.2 Å². The first-order valence-electron chi connectivity index (χ1n) is 8.21. The van der Waals surface area contributed by atoms with Crippen LogP contribution in [-0.4, -0.2) is 31.5 Å². The molecule has 5 rings (SSSR count). The SMILES string of the molecule is O=C(O)c1cc(Cl)cc2cc(CN3Cc4cccn5ncc(c45)C3=O)oc12. The van der Waals surface area contributed by atoms with Crippen molar-refractivity contribution >= 4 is 40.0 Å². The number of aromatic carboxylic acids is 1. The third-order valence-corrected chi connectivity index (χ3v) is 4.93. The van der Waals surface area contributed by atoms with Gasteiger partial charge in [0.25, 0.3) is 5.91 Å². The molecule has 1 aromatic carbocycles. The van der Waals surface area contributed by atoms with E-state index in [-0.39, 0.29) is 23.6 Å². The van der Waals surface area contributed by atoms with Crippen LogP contribution in [0.2, 0.25) is 5.02 Å². The van der Waals surface area contributed by atoms with Crippen LogP contribution < -0.4 is 0 Å². The normalized spacial score (nSPS) is 13.7. The molecule has 0 fully saturated rings. The Bertz CT molecular complexity index is 1260. The second-order valence-corrected chi connectivity index (χ2v) is 6.87. The zero-order valence-corrected chi connectivity index (χ0v) is 14.6. The third-order valence-electron chi connectivity index (χ3n) is 4.71. The van der Waals surface area contributed by atoms with Gasteiger partial charge in [-0.3, -0.25) is 4.79 Å². The largest absolute Gasteiger partial charge is 0.478 e. The van der Waals surface area contributed by atoms with Crippen molar-refractivity contribution in [2.24, 2.45) is 0 Å². The number of carbonyl (C=O) groups excluding carboxylic acids is 1. The Kier molecular flexibility index (Phi) is 3.29. The standard InChI is InChI=1S/C19H12ClN3O4/c20-12-4-11-5-13(27-17(11)14(6-12)19(25)26)9-22-8-10-2-1-3-23-16(10)15(7-21-23)18(22)24/h1-7H,8-9H2,(H,25,26). The Morgan fingerprint density at radius 2 is 2.19 bits per heavy atom. The van der Waals surface area contributed by atoms with Crippen LogP contribution in [0.5, 0.6) is 0 Å². The van der Waals surface area contributed by atoms with E-state index in [2.05, 4.69) is 5.10 Å². The molecule has 4 heterocycles. The highest BCUT2D eigenvalue weighted by Gasteiger charge is 2.28. The van der Waals surface area contributed by atoms with Gasteiger partial charge in [0.2, 0.25) is 0 Å². The van der Waals surface area contributed by atoms with Crippen LogP contribution >= 0.6 is 11.6 Å². The van der Waals surface area contributed by atoms with Crippen LogP contribution in [0.3, 0.4) is 0 Å². The molecule has 1 aliphatic heterocycles. The van der Waals surface area contributed by atoms with E-state index in [0.29, 0.717) is 28.3 Å². The smallest absolute Gasteiger partial charge is 0.339 e. The average molecular weight is 382 g/mol. The lowest BCUT2D eigenvalue weighted by Gasteiger charge is -2.25. The van der Waals surface area contributed by atoms with E-state index < -0.39 is 5.97 Å². The maximum absolute atomic E-state index is 12.8. The molecular weight excluding hydrogens is 370 g/mol. The van der Waals surface area contributed by atoms with E-state index in [1.165, 1.54) is 6.07 Å². The summed E-state index contributed by atoms with van der Waals surface area (Å²) in [7, 11) is 0. The molecule has 1 amide bonds. The lowest BCUT2D eigenvalue weighted by molar-refractivity contribution is 0.0690. The third kappa shape index (κ3) is 2.39. The van der Waals surface area contributed by atoms with Gasteiger partial charge >= 0.3 is 5.97 Å². The molecule has 0 bridgehead atoms. The van der Waals surface area contributed by atoms with Crippen LogP contribution in [0.4, 0.5) is 0 Å². The zero-order valence-electron chi connectivity index (χ0n) is 13.8. The number of hydrogen-bond acceptors (Lipinski definition) is 4. The van der Waals surface area contributed by atoms with E-state index in [0.717, 1.165) is 11.1 Å². The zero-order chi connectivity index (χ0) is 18.7. The van der Waals surface area contributed by atoms with Crippen molar-refractivity contribution < 1.29 is 19.1 Å². The van der Waals surface area contributed by atoms with Crippen molar-refractivity contribution in [3.05, 3.63) is 70.2 Å². The molecule has 0 spiro atoms. The number of halogens is 1. The molecule has 0 radical (unpaired) electrons. The minimum atomic E-state index is -1.12. The minimum Gasteiger partial charge on any atom is -0.478 e.